The highest BCUT2D eigenvalue weighted by atomic mass is 32.2. The van der Waals surface area contributed by atoms with Gasteiger partial charge < -0.3 is 9.15 Å². The van der Waals surface area contributed by atoms with Crippen molar-refractivity contribution < 1.29 is 13.9 Å². The maximum atomic E-state index is 12.8. The molecule has 4 aromatic rings. The van der Waals surface area contributed by atoms with E-state index in [1.54, 1.807) is 23.9 Å². The Balaban J connectivity index is 1.52. The van der Waals surface area contributed by atoms with E-state index in [0.29, 0.717) is 11.3 Å². The van der Waals surface area contributed by atoms with Gasteiger partial charge in [0.05, 0.1) is 9.79 Å². The number of fused-ring (bicyclic) bond motifs is 3. The lowest BCUT2D eigenvalue weighted by Gasteiger charge is -2.19. The molecule has 1 aliphatic heterocycles. The van der Waals surface area contributed by atoms with Crippen molar-refractivity contribution in [1.29, 1.82) is 0 Å². The van der Waals surface area contributed by atoms with E-state index in [-0.39, 0.29) is 5.78 Å². The number of furan rings is 1. The summed E-state index contributed by atoms with van der Waals surface area (Å²) >= 11 is 1.61. The van der Waals surface area contributed by atoms with E-state index in [0.717, 1.165) is 32.3 Å². The predicted octanol–water partition coefficient (Wildman–Crippen LogP) is 5.92. The number of hydrogen-bond donors (Lipinski definition) is 0. The standard InChI is InChI=1S/C21H12O3S/c22-21(18-11-13-5-1-2-6-15(13)23-18)14-9-10-17-20(12-14)25-19-8-4-3-7-16(19)24-17/h1-12H. The van der Waals surface area contributed by atoms with Crippen LogP contribution in [0, 0.1) is 0 Å². The van der Waals surface area contributed by atoms with E-state index in [2.05, 4.69) is 0 Å². The highest BCUT2D eigenvalue weighted by molar-refractivity contribution is 7.99. The molecule has 0 aliphatic carbocycles. The van der Waals surface area contributed by atoms with Crippen LogP contribution in [0.4, 0.5) is 0 Å². The maximum absolute atomic E-state index is 12.8. The average molecular weight is 344 g/mol. The van der Waals surface area contributed by atoms with Crippen LogP contribution in [0.25, 0.3) is 11.0 Å². The van der Waals surface area contributed by atoms with Crippen molar-refractivity contribution in [1.82, 2.24) is 0 Å². The molecule has 0 unspecified atom stereocenters. The Bertz CT molecular complexity index is 1090. The number of carbonyl (C=O) groups is 1. The summed E-state index contributed by atoms with van der Waals surface area (Å²) in [6.45, 7) is 0. The van der Waals surface area contributed by atoms with Gasteiger partial charge in [0, 0.05) is 10.9 Å². The van der Waals surface area contributed by atoms with Crippen molar-refractivity contribution in [3.63, 3.8) is 0 Å². The first-order valence-corrected chi connectivity index (χ1v) is 8.72. The fourth-order valence-corrected chi connectivity index (χ4v) is 3.90. The largest absolute Gasteiger partial charge is 0.455 e. The zero-order valence-corrected chi connectivity index (χ0v) is 13.9. The van der Waals surface area contributed by atoms with Crippen molar-refractivity contribution in [2.45, 2.75) is 9.79 Å². The normalized spacial score (nSPS) is 12.3. The summed E-state index contributed by atoms with van der Waals surface area (Å²) in [7, 11) is 0. The van der Waals surface area contributed by atoms with Gasteiger partial charge >= 0.3 is 0 Å². The smallest absolute Gasteiger partial charge is 0.228 e. The van der Waals surface area contributed by atoms with Gasteiger partial charge in [0.15, 0.2) is 5.76 Å². The number of rotatable bonds is 2. The molecule has 0 atom stereocenters. The van der Waals surface area contributed by atoms with Gasteiger partial charge in [-0.05, 0) is 42.5 Å². The molecule has 1 aliphatic rings. The van der Waals surface area contributed by atoms with Crippen LogP contribution in [-0.2, 0) is 0 Å². The molecule has 120 valence electrons. The lowest BCUT2D eigenvalue weighted by molar-refractivity contribution is 0.101. The molecule has 4 heteroatoms. The number of carbonyl (C=O) groups excluding carboxylic acids is 1. The average Bonchev–Trinajstić information content (AvgIpc) is 3.09. The SMILES string of the molecule is O=C(c1ccc2c(c1)Sc1ccccc1O2)c1cc2ccccc2o1. The minimum Gasteiger partial charge on any atom is -0.455 e. The van der Waals surface area contributed by atoms with Gasteiger partial charge in [0.25, 0.3) is 0 Å². The lowest BCUT2D eigenvalue weighted by atomic mass is 10.1. The van der Waals surface area contributed by atoms with Crippen LogP contribution in [0.5, 0.6) is 11.5 Å². The molecular weight excluding hydrogens is 332 g/mol. The topological polar surface area (TPSA) is 39.4 Å². The van der Waals surface area contributed by atoms with Crippen LogP contribution in [0.3, 0.4) is 0 Å². The molecule has 1 aromatic heterocycles. The highest BCUT2D eigenvalue weighted by Crippen LogP contribution is 2.47. The van der Waals surface area contributed by atoms with Gasteiger partial charge in [-0.15, -0.1) is 0 Å². The summed E-state index contributed by atoms with van der Waals surface area (Å²) in [5.74, 6) is 1.84. The summed E-state index contributed by atoms with van der Waals surface area (Å²) in [4.78, 5) is 14.8. The van der Waals surface area contributed by atoms with Gasteiger partial charge in [-0.3, -0.25) is 4.79 Å². The summed E-state index contributed by atoms with van der Waals surface area (Å²) < 4.78 is 11.6. The minimum atomic E-state index is -0.126. The number of hydrogen-bond acceptors (Lipinski definition) is 4. The Morgan fingerprint density at radius 3 is 2.52 bits per heavy atom. The van der Waals surface area contributed by atoms with Gasteiger partial charge in [-0.2, -0.15) is 0 Å². The Hall–Kier alpha value is -2.98. The van der Waals surface area contributed by atoms with Gasteiger partial charge in [-0.25, -0.2) is 0 Å². The quantitative estimate of drug-likeness (QED) is 0.373. The second-order valence-electron chi connectivity index (χ2n) is 5.79. The summed E-state index contributed by atoms with van der Waals surface area (Å²) in [5, 5.41) is 0.926. The lowest BCUT2D eigenvalue weighted by Crippen LogP contribution is -2.02. The Kier molecular flexibility index (Phi) is 3.18. The van der Waals surface area contributed by atoms with Gasteiger partial charge in [0.1, 0.15) is 17.1 Å². The van der Waals surface area contributed by atoms with E-state index >= 15 is 0 Å². The van der Waals surface area contributed by atoms with Crippen LogP contribution < -0.4 is 4.74 Å². The Morgan fingerprint density at radius 2 is 1.60 bits per heavy atom. The van der Waals surface area contributed by atoms with Crippen LogP contribution in [0.2, 0.25) is 0 Å². The van der Waals surface area contributed by atoms with Gasteiger partial charge in [0.2, 0.25) is 5.78 Å². The first-order valence-electron chi connectivity index (χ1n) is 7.90. The van der Waals surface area contributed by atoms with Crippen molar-refractivity contribution >= 4 is 28.5 Å². The highest BCUT2D eigenvalue weighted by Gasteiger charge is 2.21. The third kappa shape index (κ3) is 2.42. The summed E-state index contributed by atoms with van der Waals surface area (Å²) in [6.07, 6.45) is 0. The fraction of sp³-hybridized carbons (Fsp3) is 0. The van der Waals surface area contributed by atoms with E-state index in [4.69, 9.17) is 9.15 Å². The van der Waals surface area contributed by atoms with Crippen LogP contribution in [0.1, 0.15) is 16.1 Å². The molecule has 0 bridgehead atoms. The second-order valence-corrected chi connectivity index (χ2v) is 6.87. The molecule has 0 amide bonds. The molecule has 0 N–H and O–H groups in total. The molecule has 0 saturated carbocycles. The summed E-state index contributed by atoms with van der Waals surface area (Å²) in [6, 6.07) is 22.8. The van der Waals surface area contributed by atoms with Gasteiger partial charge in [-0.1, -0.05) is 42.1 Å². The predicted molar refractivity (Wildman–Crippen MR) is 96.7 cm³/mol. The first kappa shape index (κ1) is 14.4. The van der Waals surface area contributed by atoms with E-state index in [9.17, 15) is 4.79 Å². The number of para-hydroxylation sites is 2. The van der Waals surface area contributed by atoms with Crippen molar-refractivity contribution in [2.75, 3.05) is 0 Å². The first-order chi connectivity index (χ1) is 12.3. The zero-order chi connectivity index (χ0) is 16.8. The monoisotopic (exact) mass is 344 g/mol. The van der Waals surface area contributed by atoms with Crippen LogP contribution in [-0.4, -0.2) is 5.78 Å². The molecule has 5 rings (SSSR count). The minimum absolute atomic E-state index is 0.126. The summed E-state index contributed by atoms with van der Waals surface area (Å²) in [5.41, 5.74) is 1.31. The maximum Gasteiger partial charge on any atom is 0.228 e. The van der Waals surface area contributed by atoms with Crippen LogP contribution >= 0.6 is 11.8 Å². The van der Waals surface area contributed by atoms with E-state index < -0.39 is 0 Å². The third-order valence-electron chi connectivity index (χ3n) is 4.14. The molecule has 25 heavy (non-hydrogen) atoms. The molecule has 3 aromatic carbocycles. The van der Waals surface area contributed by atoms with Crippen LogP contribution in [0.15, 0.2) is 87.0 Å². The molecule has 3 nitrogen and oxygen atoms in total. The molecule has 0 fully saturated rings. The zero-order valence-electron chi connectivity index (χ0n) is 13.1. The Labute approximate surface area is 148 Å². The van der Waals surface area contributed by atoms with Crippen molar-refractivity contribution in [3.05, 3.63) is 84.1 Å². The number of ketones is 1. The molecule has 0 saturated heterocycles. The van der Waals surface area contributed by atoms with E-state index in [1.807, 2.05) is 60.7 Å². The van der Waals surface area contributed by atoms with Crippen molar-refractivity contribution in [3.8, 4) is 11.5 Å². The van der Waals surface area contributed by atoms with Crippen molar-refractivity contribution in [2.24, 2.45) is 0 Å². The molecule has 0 radical (unpaired) electrons. The second kappa shape index (κ2) is 5.53. The molecule has 0 spiro atoms. The Morgan fingerprint density at radius 1 is 0.800 bits per heavy atom. The molecular formula is C21H12O3S. The number of benzene rings is 3. The van der Waals surface area contributed by atoms with E-state index in [1.165, 1.54) is 0 Å². The molecule has 2 heterocycles. The number of ether oxygens (including phenoxy) is 1. The third-order valence-corrected chi connectivity index (χ3v) is 5.24. The fourth-order valence-electron chi connectivity index (χ4n) is 2.91.